The van der Waals surface area contributed by atoms with E-state index in [-0.39, 0.29) is 10.5 Å². The van der Waals surface area contributed by atoms with E-state index in [4.69, 9.17) is 4.74 Å². The van der Waals surface area contributed by atoms with Crippen molar-refractivity contribution in [2.45, 2.75) is 18.1 Å². The number of hydrogen-bond donors (Lipinski definition) is 1. The molecule has 0 saturated carbocycles. The lowest BCUT2D eigenvalue weighted by Gasteiger charge is -2.10. The van der Waals surface area contributed by atoms with Crippen LogP contribution in [-0.2, 0) is 28.0 Å². The van der Waals surface area contributed by atoms with Crippen molar-refractivity contribution in [3.63, 3.8) is 0 Å². The zero-order valence-electron chi connectivity index (χ0n) is 18.8. The molecule has 0 aromatic heterocycles. The third-order valence-corrected chi connectivity index (χ3v) is 7.21. The van der Waals surface area contributed by atoms with E-state index < -0.39 is 15.9 Å². The lowest BCUT2D eigenvalue weighted by molar-refractivity contribution is 0.0980. The highest BCUT2D eigenvalue weighted by atomic mass is 32.2. The van der Waals surface area contributed by atoms with Crippen molar-refractivity contribution >= 4 is 37.5 Å². The van der Waals surface area contributed by atoms with Gasteiger partial charge in [-0.05, 0) is 56.9 Å². The summed E-state index contributed by atoms with van der Waals surface area (Å²) in [5.74, 6) is -0.679. The fraction of sp³-hybridized carbons (Fsp3) is 0.0690. The van der Waals surface area contributed by atoms with Crippen molar-refractivity contribution in [3.8, 4) is 0 Å². The van der Waals surface area contributed by atoms with Crippen molar-refractivity contribution in [1.29, 1.82) is 0 Å². The van der Waals surface area contributed by atoms with E-state index in [9.17, 15) is 13.2 Å². The van der Waals surface area contributed by atoms with Gasteiger partial charge in [0, 0.05) is 5.56 Å². The van der Waals surface area contributed by atoms with Crippen LogP contribution < -0.4 is 4.72 Å². The van der Waals surface area contributed by atoms with Gasteiger partial charge in [0.1, 0.15) is 0 Å². The van der Waals surface area contributed by atoms with Crippen LogP contribution in [0, 0.1) is 0 Å². The lowest BCUT2D eigenvalue weighted by atomic mass is 10.1. The molecule has 0 fully saturated rings. The Kier molecular flexibility index (Phi) is 6.31. The summed E-state index contributed by atoms with van der Waals surface area (Å²) in [5, 5.41) is 4.05. The molecule has 0 aliphatic rings. The molecule has 0 radical (unpaired) electrons. The fourth-order valence-corrected chi connectivity index (χ4v) is 5.03. The van der Waals surface area contributed by atoms with Gasteiger partial charge in [-0.15, -0.1) is 0 Å². The maximum atomic E-state index is 12.7. The Labute approximate surface area is 204 Å². The van der Waals surface area contributed by atoms with Crippen LogP contribution in [0.5, 0.6) is 0 Å². The molecule has 0 unspecified atom stereocenters. The number of sulfonamides is 1. The topological polar surface area (TPSA) is 72.5 Å². The van der Waals surface area contributed by atoms with Gasteiger partial charge < -0.3 is 4.74 Å². The number of ether oxygens (including phenoxy) is 1. The molecule has 0 heterocycles. The molecule has 0 saturated heterocycles. The molecule has 174 valence electrons. The zero-order chi connectivity index (χ0) is 24.3. The van der Waals surface area contributed by atoms with Crippen LogP contribution in [0.15, 0.2) is 114 Å². The standard InChI is InChI=1S/C29H23NO4S/c31-29(30-35(32,33)27-17-16-22-6-1-2-8-25(22)18-27)24-14-12-21(13-15-24)19-34-20-26-10-5-9-23-7-3-4-11-28(23)26/h1-18H,19-20H2,(H,30,31). The number of hydrogen-bond acceptors (Lipinski definition) is 4. The number of benzene rings is 5. The van der Waals surface area contributed by atoms with Crippen LogP contribution in [0.4, 0.5) is 0 Å². The van der Waals surface area contributed by atoms with Crippen LogP contribution in [-0.4, -0.2) is 14.3 Å². The predicted molar refractivity (Wildman–Crippen MR) is 137 cm³/mol. The minimum atomic E-state index is -4.00. The Morgan fingerprint density at radius 2 is 1.37 bits per heavy atom. The maximum Gasteiger partial charge on any atom is 0.264 e. The molecule has 1 N–H and O–H groups in total. The fourth-order valence-electron chi connectivity index (χ4n) is 4.02. The number of carbonyl (C=O) groups excluding carboxylic acids is 1. The SMILES string of the molecule is O=C(NS(=O)(=O)c1ccc2ccccc2c1)c1ccc(COCc2cccc3ccccc23)cc1. The molecule has 5 aromatic rings. The summed E-state index contributed by atoms with van der Waals surface area (Å²) in [6.45, 7) is 0.841. The van der Waals surface area contributed by atoms with Gasteiger partial charge in [0.25, 0.3) is 15.9 Å². The second-order valence-corrected chi connectivity index (χ2v) is 9.95. The first-order chi connectivity index (χ1) is 17.0. The number of fused-ring (bicyclic) bond motifs is 2. The summed E-state index contributed by atoms with van der Waals surface area (Å²) in [5.41, 5.74) is 2.25. The Hall–Kier alpha value is -4.00. The van der Waals surface area contributed by atoms with E-state index in [1.807, 2.05) is 48.5 Å². The highest BCUT2D eigenvalue weighted by Gasteiger charge is 2.19. The average molecular weight is 482 g/mol. The van der Waals surface area contributed by atoms with Gasteiger partial charge in [-0.25, -0.2) is 13.1 Å². The van der Waals surface area contributed by atoms with Crippen molar-refractivity contribution in [2.24, 2.45) is 0 Å². The highest BCUT2D eigenvalue weighted by Crippen LogP contribution is 2.21. The number of amides is 1. The molecule has 0 aliphatic heterocycles. The highest BCUT2D eigenvalue weighted by molar-refractivity contribution is 7.90. The molecule has 0 spiro atoms. The van der Waals surface area contributed by atoms with E-state index in [0.717, 1.165) is 27.3 Å². The molecule has 1 amide bonds. The Morgan fingerprint density at radius 3 is 2.17 bits per heavy atom. The third-order valence-electron chi connectivity index (χ3n) is 5.88. The predicted octanol–water partition coefficient (Wildman–Crippen LogP) is 5.83. The first kappa shape index (κ1) is 22.8. The van der Waals surface area contributed by atoms with E-state index in [1.165, 1.54) is 11.5 Å². The molecule has 6 heteroatoms. The van der Waals surface area contributed by atoms with Gasteiger partial charge in [0.15, 0.2) is 0 Å². The monoisotopic (exact) mass is 481 g/mol. The number of carbonyl (C=O) groups is 1. The first-order valence-electron chi connectivity index (χ1n) is 11.2. The lowest BCUT2D eigenvalue weighted by Crippen LogP contribution is -2.30. The summed E-state index contributed by atoms with van der Waals surface area (Å²) in [7, 11) is -4.00. The van der Waals surface area contributed by atoms with E-state index in [1.54, 1.807) is 36.4 Å². The summed E-state index contributed by atoms with van der Waals surface area (Å²) in [6.07, 6.45) is 0. The summed E-state index contributed by atoms with van der Waals surface area (Å²) in [4.78, 5) is 12.7. The van der Waals surface area contributed by atoms with Crippen LogP contribution in [0.1, 0.15) is 21.5 Å². The third kappa shape index (κ3) is 5.09. The molecule has 0 atom stereocenters. The molecular weight excluding hydrogens is 458 g/mol. The second-order valence-electron chi connectivity index (χ2n) is 8.27. The Morgan fingerprint density at radius 1 is 0.686 bits per heavy atom. The van der Waals surface area contributed by atoms with Crippen molar-refractivity contribution in [3.05, 3.63) is 126 Å². The van der Waals surface area contributed by atoms with Crippen molar-refractivity contribution in [2.75, 3.05) is 0 Å². The maximum absolute atomic E-state index is 12.7. The molecule has 5 aromatic carbocycles. The number of rotatable bonds is 7. The van der Waals surface area contributed by atoms with Crippen LogP contribution in [0.2, 0.25) is 0 Å². The van der Waals surface area contributed by atoms with Gasteiger partial charge in [0.05, 0.1) is 18.1 Å². The minimum absolute atomic E-state index is 0.0445. The second kappa shape index (κ2) is 9.70. The van der Waals surface area contributed by atoms with Gasteiger partial charge in [-0.1, -0.05) is 84.9 Å². The summed E-state index contributed by atoms with van der Waals surface area (Å²) in [6, 6.07) is 33.3. The van der Waals surface area contributed by atoms with Crippen LogP contribution in [0.25, 0.3) is 21.5 Å². The van der Waals surface area contributed by atoms with Gasteiger partial charge in [0.2, 0.25) is 0 Å². The van der Waals surface area contributed by atoms with Crippen LogP contribution in [0.3, 0.4) is 0 Å². The molecule has 35 heavy (non-hydrogen) atoms. The molecule has 5 rings (SSSR count). The van der Waals surface area contributed by atoms with Crippen molar-refractivity contribution < 1.29 is 17.9 Å². The summed E-state index contributed by atoms with van der Waals surface area (Å²) < 4.78 is 33.5. The van der Waals surface area contributed by atoms with E-state index in [2.05, 4.69) is 22.9 Å². The largest absolute Gasteiger partial charge is 0.372 e. The quantitative estimate of drug-likeness (QED) is 0.318. The first-order valence-corrected chi connectivity index (χ1v) is 12.7. The van der Waals surface area contributed by atoms with E-state index in [0.29, 0.717) is 13.2 Å². The Balaban J connectivity index is 1.22. The van der Waals surface area contributed by atoms with E-state index >= 15 is 0 Å². The molecule has 5 nitrogen and oxygen atoms in total. The summed E-state index contributed by atoms with van der Waals surface area (Å²) >= 11 is 0. The molecule has 0 aliphatic carbocycles. The van der Waals surface area contributed by atoms with Gasteiger partial charge in [-0.3, -0.25) is 4.79 Å². The van der Waals surface area contributed by atoms with Crippen LogP contribution >= 0.6 is 0 Å². The zero-order valence-corrected chi connectivity index (χ0v) is 19.7. The molecular formula is C29H23NO4S. The smallest absolute Gasteiger partial charge is 0.264 e. The van der Waals surface area contributed by atoms with Gasteiger partial charge in [-0.2, -0.15) is 0 Å². The van der Waals surface area contributed by atoms with Crippen molar-refractivity contribution in [1.82, 2.24) is 4.72 Å². The Bertz CT molecular complexity index is 1620. The molecule has 0 bridgehead atoms. The number of nitrogens with one attached hydrogen (secondary N) is 1. The van der Waals surface area contributed by atoms with Gasteiger partial charge >= 0.3 is 0 Å². The average Bonchev–Trinajstić information content (AvgIpc) is 2.88. The normalized spacial score (nSPS) is 11.5. The minimum Gasteiger partial charge on any atom is -0.372 e.